The second-order valence-corrected chi connectivity index (χ2v) is 10.8. The summed E-state index contributed by atoms with van der Waals surface area (Å²) in [5.41, 5.74) is 0. The molecule has 0 aromatic heterocycles. The third-order valence-electron chi connectivity index (χ3n) is 2.34. The third kappa shape index (κ3) is 8.51. The monoisotopic (exact) mass is 201 g/mol. The Morgan fingerprint density at radius 1 is 1.15 bits per heavy atom. The van der Waals surface area contributed by atoms with E-state index in [9.17, 15) is 0 Å². The summed E-state index contributed by atoms with van der Waals surface area (Å²) >= 11 is 0. The summed E-state index contributed by atoms with van der Waals surface area (Å²) in [5, 5.41) is 3.53. The molecule has 1 unspecified atom stereocenters. The van der Waals surface area contributed by atoms with E-state index in [4.69, 9.17) is 0 Å². The zero-order chi connectivity index (χ0) is 10.3. The first-order valence-corrected chi connectivity index (χ1v) is 9.41. The van der Waals surface area contributed by atoms with E-state index in [1.165, 1.54) is 32.0 Å². The molecule has 0 spiro atoms. The van der Waals surface area contributed by atoms with Gasteiger partial charge in [0.05, 0.1) is 0 Å². The molecule has 0 amide bonds. The SMILES string of the molecule is CCCNCC(CC)C[Si](C)(C)C. The van der Waals surface area contributed by atoms with Crippen molar-refractivity contribution in [2.45, 2.75) is 52.4 Å². The lowest BCUT2D eigenvalue weighted by Gasteiger charge is -2.23. The van der Waals surface area contributed by atoms with Gasteiger partial charge in [0.25, 0.3) is 0 Å². The van der Waals surface area contributed by atoms with Gasteiger partial charge in [-0.3, -0.25) is 0 Å². The molecule has 0 aliphatic rings. The van der Waals surface area contributed by atoms with Gasteiger partial charge in [0.2, 0.25) is 0 Å². The summed E-state index contributed by atoms with van der Waals surface area (Å²) in [5.74, 6) is 0.915. The van der Waals surface area contributed by atoms with Crippen LogP contribution in [0.15, 0.2) is 0 Å². The van der Waals surface area contributed by atoms with E-state index in [1.54, 1.807) is 0 Å². The number of rotatable bonds is 7. The standard InChI is InChI=1S/C11H27NSi/c1-6-8-12-9-11(7-2)10-13(3,4)5/h11-12H,6-10H2,1-5H3. The van der Waals surface area contributed by atoms with Gasteiger partial charge < -0.3 is 5.32 Å². The molecule has 0 saturated heterocycles. The van der Waals surface area contributed by atoms with Crippen molar-refractivity contribution in [2.24, 2.45) is 5.92 Å². The van der Waals surface area contributed by atoms with Gasteiger partial charge in [-0.1, -0.05) is 46.0 Å². The summed E-state index contributed by atoms with van der Waals surface area (Å²) in [4.78, 5) is 0. The first kappa shape index (κ1) is 13.2. The lowest BCUT2D eigenvalue weighted by molar-refractivity contribution is 0.495. The lowest BCUT2D eigenvalue weighted by Crippen LogP contribution is -2.30. The van der Waals surface area contributed by atoms with Gasteiger partial charge in [0, 0.05) is 8.07 Å². The van der Waals surface area contributed by atoms with Crippen molar-refractivity contribution in [3.05, 3.63) is 0 Å². The topological polar surface area (TPSA) is 12.0 Å². The molecule has 1 nitrogen and oxygen atoms in total. The highest BCUT2D eigenvalue weighted by Gasteiger charge is 2.18. The fraction of sp³-hybridized carbons (Fsp3) is 1.00. The Morgan fingerprint density at radius 3 is 2.15 bits per heavy atom. The highest BCUT2D eigenvalue weighted by molar-refractivity contribution is 6.76. The molecule has 0 heterocycles. The van der Waals surface area contributed by atoms with Crippen LogP contribution in [-0.4, -0.2) is 21.2 Å². The molecule has 0 saturated carbocycles. The van der Waals surface area contributed by atoms with Crippen LogP contribution in [0.25, 0.3) is 0 Å². The molecular formula is C11H27NSi. The number of hydrogen-bond acceptors (Lipinski definition) is 1. The van der Waals surface area contributed by atoms with E-state index in [1.807, 2.05) is 0 Å². The van der Waals surface area contributed by atoms with Crippen LogP contribution in [0, 0.1) is 5.92 Å². The summed E-state index contributed by atoms with van der Waals surface area (Å²) < 4.78 is 0. The van der Waals surface area contributed by atoms with Crippen LogP contribution in [0.2, 0.25) is 25.7 Å². The number of nitrogens with one attached hydrogen (secondary N) is 1. The second kappa shape index (κ2) is 6.60. The molecule has 1 atom stereocenters. The largest absolute Gasteiger partial charge is 0.316 e. The van der Waals surface area contributed by atoms with Crippen LogP contribution in [0.1, 0.15) is 26.7 Å². The van der Waals surface area contributed by atoms with Gasteiger partial charge in [-0.05, 0) is 25.4 Å². The average molecular weight is 201 g/mol. The van der Waals surface area contributed by atoms with Crippen LogP contribution >= 0.6 is 0 Å². The lowest BCUT2D eigenvalue weighted by atomic mass is 10.1. The second-order valence-electron chi connectivity index (χ2n) is 5.24. The highest BCUT2D eigenvalue weighted by atomic mass is 28.3. The van der Waals surface area contributed by atoms with Crippen molar-refractivity contribution in [1.29, 1.82) is 0 Å². The van der Waals surface area contributed by atoms with Gasteiger partial charge in [-0.25, -0.2) is 0 Å². The van der Waals surface area contributed by atoms with Crippen molar-refractivity contribution in [2.75, 3.05) is 13.1 Å². The van der Waals surface area contributed by atoms with Crippen molar-refractivity contribution < 1.29 is 0 Å². The van der Waals surface area contributed by atoms with Crippen LogP contribution in [0.4, 0.5) is 0 Å². The molecule has 80 valence electrons. The minimum Gasteiger partial charge on any atom is -0.316 e. The maximum absolute atomic E-state index is 3.53. The fourth-order valence-corrected chi connectivity index (χ4v) is 3.87. The number of hydrogen-bond donors (Lipinski definition) is 1. The fourth-order valence-electron chi connectivity index (χ4n) is 1.71. The van der Waals surface area contributed by atoms with Gasteiger partial charge in [0.1, 0.15) is 0 Å². The molecular weight excluding hydrogens is 174 g/mol. The minimum absolute atomic E-state index is 0.841. The molecule has 2 heteroatoms. The van der Waals surface area contributed by atoms with Crippen molar-refractivity contribution in [3.8, 4) is 0 Å². The molecule has 0 aromatic rings. The van der Waals surface area contributed by atoms with E-state index in [0.29, 0.717) is 0 Å². The van der Waals surface area contributed by atoms with E-state index in [2.05, 4.69) is 38.8 Å². The summed E-state index contributed by atoms with van der Waals surface area (Å²) in [6.45, 7) is 14.4. The Balaban J connectivity index is 3.63. The Kier molecular flexibility index (Phi) is 6.69. The van der Waals surface area contributed by atoms with Crippen LogP contribution in [-0.2, 0) is 0 Å². The molecule has 0 aliphatic carbocycles. The molecule has 0 fully saturated rings. The van der Waals surface area contributed by atoms with Crippen molar-refractivity contribution in [1.82, 2.24) is 5.32 Å². The molecule has 0 bridgehead atoms. The maximum atomic E-state index is 3.53. The van der Waals surface area contributed by atoms with Crippen molar-refractivity contribution >= 4 is 8.07 Å². The Morgan fingerprint density at radius 2 is 1.77 bits per heavy atom. The predicted octanol–water partition coefficient (Wildman–Crippen LogP) is 3.35. The Hall–Kier alpha value is 0.177. The predicted molar refractivity (Wildman–Crippen MR) is 65.1 cm³/mol. The average Bonchev–Trinajstić information content (AvgIpc) is 2.01. The van der Waals surface area contributed by atoms with E-state index in [0.717, 1.165) is 5.92 Å². The highest BCUT2D eigenvalue weighted by Crippen LogP contribution is 2.18. The Labute approximate surface area is 85.3 Å². The van der Waals surface area contributed by atoms with Gasteiger partial charge in [-0.15, -0.1) is 0 Å². The third-order valence-corrected chi connectivity index (χ3v) is 4.14. The maximum Gasteiger partial charge on any atom is 0.0445 e. The molecule has 0 aromatic carbocycles. The molecule has 13 heavy (non-hydrogen) atoms. The van der Waals surface area contributed by atoms with Gasteiger partial charge in [-0.2, -0.15) is 0 Å². The summed E-state index contributed by atoms with van der Waals surface area (Å²) in [7, 11) is -0.841. The first-order chi connectivity index (χ1) is 5.99. The zero-order valence-electron chi connectivity index (χ0n) is 10.1. The van der Waals surface area contributed by atoms with Crippen molar-refractivity contribution in [3.63, 3.8) is 0 Å². The summed E-state index contributed by atoms with van der Waals surface area (Å²) in [6.07, 6.45) is 2.59. The van der Waals surface area contributed by atoms with Crippen LogP contribution < -0.4 is 5.32 Å². The van der Waals surface area contributed by atoms with E-state index in [-0.39, 0.29) is 0 Å². The van der Waals surface area contributed by atoms with Gasteiger partial charge >= 0.3 is 0 Å². The minimum atomic E-state index is -0.841. The van der Waals surface area contributed by atoms with Gasteiger partial charge in [0.15, 0.2) is 0 Å². The summed E-state index contributed by atoms with van der Waals surface area (Å²) in [6, 6.07) is 1.47. The molecule has 0 radical (unpaired) electrons. The van der Waals surface area contributed by atoms with Crippen LogP contribution in [0.3, 0.4) is 0 Å². The molecule has 1 N–H and O–H groups in total. The Bertz CT molecular complexity index is 118. The van der Waals surface area contributed by atoms with Crippen LogP contribution in [0.5, 0.6) is 0 Å². The van der Waals surface area contributed by atoms with E-state index >= 15 is 0 Å². The normalized spacial score (nSPS) is 14.5. The molecule has 0 rings (SSSR count). The molecule has 0 aliphatic heterocycles. The quantitative estimate of drug-likeness (QED) is 0.492. The first-order valence-electron chi connectivity index (χ1n) is 5.70. The smallest absolute Gasteiger partial charge is 0.0445 e. The zero-order valence-corrected chi connectivity index (χ0v) is 11.1. The van der Waals surface area contributed by atoms with E-state index < -0.39 is 8.07 Å².